The molecule has 0 spiro atoms. The SMILES string of the molecule is CC(O)C(NC(=O)C(N)Cc1ccc(O)cc1)C(=O)NC(CCCN=C(N)N)C(=O)O. The summed E-state index contributed by atoms with van der Waals surface area (Å²) < 4.78 is 0. The molecule has 0 heterocycles. The number of aliphatic hydroxyl groups is 1. The summed E-state index contributed by atoms with van der Waals surface area (Å²) in [6.45, 7) is 1.47. The van der Waals surface area contributed by atoms with Gasteiger partial charge in [0.2, 0.25) is 11.8 Å². The number of aliphatic imine (C=N–C) groups is 1. The zero-order valence-electron chi connectivity index (χ0n) is 17.2. The van der Waals surface area contributed by atoms with Crippen LogP contribution in [0.5, 0.6) is 5.75 Å². The summed E-state index contributed by atoms with van der Waals surface area (Å²) in [5, 5.41) is 33.2. The lowest BCUT2D eigenvalue weighted by Gasteiger charge is -2.24. The van der Waals surface area contributed by atoms with Crippen molar-refractivity contribution in [2.24, 2.45) is 22.2 Å². The Labute approximate surface area is 179 Å². The van der Waals surface area contributed by atoms with Crippen LogP contribution in [0.15, 0.2) is 29.3 Å². The summed E-state index contributed by atoms with van der Waals surface area (Å²) in [6.07, 6.45) is -0.847. The molecule has 0 aliphatic carbocycles. The normalized spacial score (nSPS) is 14.5. The van der Waals surface area contributed by atoms with Gasteiger partial charge in [-0.3, -0.25) is 14.6 Å². The highest BCUT2D eigenvalue weighted by Gasteiger charge is 2.30. The molecule has 4 unspecified atom stereocenters. The van der Waals surface area contributed by atoms with Gasteiger partial charge in [-0.25, -0.2) is 4.79 Å². The van der Waals surface area contributed by atoms with Crippen LogP contribution in [0.1, 0.15) is 25.3 Å². The van der Waals surface area contributed by atoms with Crippen molar-refractivity contribution < 1.29 is 29.7 Å². The summed E-state index contributed by atoms with van der Waals surface area (Å²) in [5.41, 5.74) is 17.0. The van der Waals surface area contributed by atoms with Crippen LogP contribution in [0.2, 0.25) is 0 Å². The molecule has 31 heavy (non-hydrogen) atoms. The molecule has 1 aromatic rings. The number of hydrogen-bond acceptors (Lipinski definition) is 7. The van der Waals surface area contributed by atoms with Crippen molar-refractivity contribution in [1.82, 2.24) is 10.6 Å². The highest BCUT2D eigenvalue weighted by atomic mass is 16.4. The Kier molecular flexibility index (Phi) is 10.2. The molecule has 0 aromatic heterocycles. The predicted octanol–water partition coefficient (Wildman–Crippen LogP) is -2.25. The number of amides is 2. The highest BCUT2D eigenvalue weighted by molar-refractivity contribution is 5.92. The van der Waals surface area contributed by atoms with Crippen molar-refractivity contribution in [3.8, 4) is 5.75 Å². The second-order valence-corrected chi connectivity index (χ2v) is 7.05. The van der Waals surface area contributed by atoms with Gasteiger partial charge in [0.05, 0.1) is 12.1 Å². The fraction of sp³-hybridized carbons (Fsp3) is 0.474. The molecule has 0 fully saturated rings. The quantitative estimate of drug-likeness (QED) is 0.1000. The minimum atomic E-state index is -1.40. The fourth-order valence-corrected chi connectivity index (χ4v) is 2.67. The first-order valence-electron chi connectivity index (χ1n) is 9.61. The monoisotopic (exact) mass is 438 g/mol. The minimum absolute atomic E-state index is 0.0404. The van der Waals surface area contributed by atoms with E-state index in [0.29, 0.717) is 12.0 Å². The number of nitrogens with one attached hydrogen (secondary N) is 2. The van der Waals surface area contributed by atoms with Crippen molar-refractivity contribution >= 4 is 23.7 Å². The molecule has 12 nitrogen and oxygen atoms in total. The number of hydrogen-bond donors (Lipinski definition) is 8. The van der Waals surface area contributed by atoms with Gasteiger partial charge >= 0.3 is 5.97 Å². The average molecular weight is 438 g/mol. The standard InChI is InChI=1S/C19H30N6O6/c1-10(26)15(17(29)24-14(18(30)31)3-2-8-23-19(21)22)25-16(28)13(20)9-11-4-6-12(27)7-5-11/h4-7,10,13-15,26-27H,2-3,8-9,20H2,1H3,(H,24,29)(H,25,28)(H,30,31)(H4,21,22,23). The van der Waals surface area contributed by atoms with Crippen molar-refractivity contribution in [3.05, 3.63) is 29.8 Å². The van der Waals surface area contributed by atoms with E-state index < -0.39 is 42.0 Å². The van der Waals surface area contributed by atoms with Gasteiger partial charge in [-0.15, -0.1) is 0 Å². The molecule has 0 radical (unpaired) electrons. The first-order valence-corrected chi connectivity index (χ1v) is 9.61. The first-order chi connectivity index (χ1) is 14.5. The maximum Gasteiger partial charge on any atom is 0.326 e. The van der Waals surface area contributed by atoms with Gasteiger partial charge < -0.3 is 43.2 Å². The Morgan fingerprint density at radius 2 is 1.71 bits per heavy atom. The van der Waals surface area contributed by atoms with E-state index in [2.05, 4.69) is 15.6 Å². The number of carboxylic acids is 1. The van der Waals surface area contributed by atoms with Crippen LogP contribution >= 0.6 is 0 Å². The van der Waals surface area contributed by atoms with Gasteiger partial charge in [-0.2, -0.15) is 0 Å². The van der Waals surface area contributed by atoms with Crippen molar-refractivity contribution in [3.63, 3.8) is 0 Å². The third-order valence-corrected chi connectivity index (χ3v) is 4.35. The van der Waals surface area contributed by atoms with Gasteiger partial charge in [0.25, 0.3) is 0 Å². The van der Waals surface area contributed by atoms with E-state index in [-0.39, 0.29) is 31.1 Å². The van der Waals surface area contributed by atoms with Gasteiger partial charge in [0.15, 0.2) is 5.96 Å². The number of carboxylic acid groups (broad SMARTS) is 1. The van der Waals surface area contributed by atoms with E-state index in [0.717, 1.165) is 0 Å². The third-order valence-electron chi connectivity index (χ3n) is 4.35. The Hall–Kier alpha value is -3.38. The number of carbonyl (C=O) groups is 3. The first kappa shape index (κ1) is 25.7. The topological polar surface area (TPSA) is 226 Å². The summed E-state index contributed by atoms with van der Waals surface area (Å²) in [7, 11) is 0. The molecule has 11 N–H and O–H groups in total. The molecule has 4 atom stereocenters. The number of aromatic hydroxyl groups is 1. The Balaban J connectivity index is 2.71. The number of phenolic OH excluding ortho intramolecular Hbond substituents is 1. The lowest BCUT2D eigenvalue weighted by molar-refractivity contribution is -0.143. The van der Waals surface area contributed by atoms with Crippen molar-refractivity contribution in [2.45, 2.75) is 50.4 Å². The number of phenols is 1. The molecule has 0 saturated heterocycles. The molecule has 0 aliphatic heterocycles. The van der Waals surface area contributed by atoms with E-state index in [1.807, 2.05) is 0 Å². The number of nitrogens with zero attached hydrogens (tertiary/aromatic N) is 1. The number of benzene rings is 1. The summed E-state index contributed by atoms with van der Waals surface area (Å²) in [6, 6.07) is 2.40. The second kappa shape index (κ2) is 12.3. The molecule has 12 heteroatoms. The number of nitrogens with two attached hydrogens (primary N) is 3. The summed E-state index contributed by atoms with van der Waals surface area (Å²) >= 11 is 0. The molecule has 1 rings (SSSR count). The molecular formula is C19H30N6O6. The van der Waals surface area contributed by atoms with Crippen molar-refractivity contribution in [1.29, 1.82) is 0 Å². The van der Waals surface area contributed by atoms with Crippen molar-refractivity contribution in [2.75, 3.05) is 6.54 Å². The van der Waals surface area contributed by atoms with Crippen LogP contribution in [0.3, 0.4) is 0 Å². The third kappa shape index (κ3) is 9.31. The molecular weight excluding hydrogens is 408 g/mol. The zero-order valence-corrected chi connectivity index (χ0v) is 17.2. The lowest BCUT2D eigenvalue weighted by atomic mass is 10.0. The molecule has 0 bridgehead atoms. The number of aliphatic hydroxyl groups excluding tert-OH is 1. The lowest BCUT2D eigenvalue weighted by Crippen LogP contribution is -2.58. The average Bonchev–Trinajstić information content (AvgIpc) is 2.69. The second-order valence-electron chi connectivity index (χ2n) is 7.05. The largest absolute Gasteiger partial charge is 0.508 e. The maximum atomic E-state index is 12.5. The number of guanidine groups is 1. The molecule has 0 aliphatic rings. The van der Waals surface area contributed by atoms with E-state index >= 15 is 0 Å². The fourth-order valence-electron chi connectivity index (χ4n) is 2.67. The summed E-state index contributed by atoms with van der Waals surface area (Å²) in [5.74, 6) is -2.91. The minimum Gasteiger partial charge on any atom is -0.508 e. The van der Waals surface area contributed by atoms with Crippen LogP contribution in [0.4, 0.5) is 0 Å². The van der Waals surface area contributed by atoms with E-state index in [1.165, 1.54) is 19.1 Å². The molecule has 172 valence electrons. The van der Waals surface area contributed by atoms with Crippen LogP contribution in [-0.2, 0) is 20.8 Å². The van der Waals surface area contributed by atoms with Crippen LogP contribution in [0.25, 0.3) is 0 Å². The van der Waals surface area contributed by atoms with Crippen LogP contribution in [0, 0.1) is 0 Å². The highest BCUT2D eigenvalue weighted by Crippen LogP contribution is 2.11. The van der Waals surface area contributed by atoms with E-state index in [9.17, 15) is 29.7 Å². The van der Waals surface area contributed by atoms with E-state index in [1.54, 1.807) is 12.1 Å². The zero-order chi connectivity index (χ0) is 23.6. The van der Waals surface area contributed by atoms with Gasteiger partial charge in [-0.1, -0.05) is 12.1 Å². The van der Waals surface area contributed by atoms with Gasteiger partial charge in [-0.05, 0) is 43.9 Å². The Bertz CT molecular complexity index is 779. The van der Waals surface area contributed by atoms with Gasteiger partial charge in [0, 0.05) is 6.54 Å². The molecule has 2 amide bonds. The van der Waals surface area contributed by atoms with Crippen LogP contribution < -0.4 is 27.8 Å². The van der Waals surface area contributed by atoms with E-state index in [4.69, 9.17) is 17.2 Å². The number of aliphatic carboxylic acids is 1. The molecule has 0 saturated carbocycles. The number of carbonyl (C=O) groups excluding carboxylic acids is 2. The Morgan fingerprint density at radius 1 is 1.10 bits per heavy atom. The maximum absolute atomic E-state index is 12.5. The summed E-state index contributed by atoms with van der Waals surface area (Å²) in [4.78, 5) is 40.1. The van der Waals surface area contributed by atoms with Gasteiger partial charge in [0.1, 0.15) is 17.8 Å². The Morgan fingerprint density at radius 3 is 2.23 bits per heavy atom. The molecule has 1 aromatic carbocycles. The van der Waals surface area contributed by atoms with Crippen LogP contribution in [-0.4, -0.2) is 69.8 Å². The predicted molar refractivity (Wildman–Crippen MR) is 113 cm³/mol. The number of rotatable bonds is 12. The smallest absolute Gasteiger partial charge is 0.326 e.